The van der Waals surface area contributed by atoms with Crippen LogP contribution >= 0.6 is 0 Å². The molecule has 3 rings (SSSR count). The van der Waals surface area contributed by atoms with Crippen molar-refractivity contribution in [2.75, 3.05) is 13.1 Å². The monoisotopic (exact) mass is 367 g/mol. The van der Waals surface area contributed by atoms with Crippen LogP contribution in [-0.4, -0.2) is 34.1 Å². The maximum absolute atomic E-state index is 12.6. The van der Waals surface area contributed by atoms with E-state index >= 15 is 0 Å². The highest BCUT2D eigenvalue weighted by molar-refractivity contribution is 5.78. The first-order chi connectivity index (χ1) is 12.3. The van der Waals surface area contributed by atoms with Crippen LogP contribution in [0.1, 0.15) is 44.1 Å². The van der Waals surface area contributed by atoms with Gasteiger partial charge in [0.1, 0.15) is 0 Å². The van der Waals surface area contributed by atoms with Crippen LogP contribution in [0.3, 0.4) is 0 Å². The molecule has 0 N–H and O–H groups in total. The quantitative estimate of drug-likeness (QED) is 0.819. The Hall–Kier alpha value is -2.38. The van der Waals surface area contributed by atoms with Gasteiger partial charge in [-0.2, -0.15) is 13.2 Å². The number of benzene rings is 1. The van der Waals surface area contributed by atoms with Gasteiger partial charge in [0.15, 0.2) is 0 Å². The number of carbonyl (C=O) groups excluding carboxylic acids is 1. The summed E-state index contributed by atoms with van der Waals surface area (Å²) in [5.74, 6) is 0.570. The molecule has 0 aliphatic carbocycles. The molecule has 1 unspecified atom stereocenters. The maximum atomic E-state index is 12.6. The second kappa shape index (κ2) is 7.09. The maximum Gasteiger partial charge on any atom is 0.416 e. The molecule has 1 fully saturated rings. The smallest absolute Gasteiger partial charge is 0.416 e. The van der Waals surface area contributed by atoms with E-state index in [1.807, 2.05) is 13.8 Å². The fourth-order valence-corrected chi connectivity index (χ4v) is 3.06. The van der Waals surface area contributed by atoms with Gasteiger partial charge in [0.25, 0.3) is 0 Å². The number of piperidine rings is 1. The Morgan fingerprint density at radius 1 is 1.23 bits per heavy atom. The number of halogens is 3. The number of alkyl halides is 3. The van der Waals surface area contributed by atoms with E-state index in [9.17, 15) is 18.0 Å². The van der Waals surface area contributed by atoms with Crippen molar-refractivity contribution < 1.29 is 22.4 Å². The molecule has 1 atom stereocenters. The van der Waals surface area contributed by atoms with Crippen molar-refractivity contribution in [1.82, 2.24) is 15.1 Å². The predicted molar refractivity (Wildman–Crippen MR) is 88.1 cm³/mol. The molecule has 1 amide bonds. The molecule has 0 spiro atoms. The Morgan fingerprint density at radius 3 is 2.54 bits per heavy atom. The Labute approximate surface area is 149 Å². The number of hydrogen-bond acceptors (Lipinski definition) is 4. The Kier molecular flexibility index (Phi) is 5.02. The van der Waals surface area contributed by atoms with Gasteiger partial charge in [-0.1, -0.05) is 13.8 Å². The summed E-state index contributed by atoms with van der Waals surface area (Å²) in [5.41, 5.74) is -0.293. The zero-order valence-corrected chi connectivity index (χ0v) is 14.6. The zero-order chi connectivity index (χ0) is 18.9. The molecule has 1 aliphatic heterocycles. The van der Waals surface area contributed by atoms with E-state index < -0.39 is 11.7 Å². The standard InChI is InChI=1S/C18H20F3N3O2/c1-11(2)17(25)24-9-3-4-13(10-24)16-23-22-15(26-16)12-5-7-14(8-6-12)18(19,20)21/h5-8,11,13H,3-4,9-10H2,1-2H3. The predicted octanol–water partition coefficient (Wildman–Crippen LogP) is 4.12. The highest BCUT2D eigenvalue weighted by Crippen LogP contribution is 2.32. The molecule has 1 aliphatic rings. The van der Waals surface area contributed by atoms with E-state index in [1.165, 1.54) is 12.1 Å². The van der Waals surface area contributed by atoms with Gasteiger partial charge in [0.05, 0.1) is 11.5 Å². The number of likely N-dealkylation sites (tertiary alicyclic amines) is 1. The number of aromatic nitrogens is 2. The number of amides is 1. The average Bonchev–Trinajstić information content (AvgIpc) is 3.10. The lowest BCUT2D eigenvalue weighted by molar-refractivity contribution is -0.137. The molecule has 1 saturated heterocycles. The fourth-order valence-electron chi connectivity index (χ4n) is 3.06. The summed E-state index contributed by atoms with van der Waals surface area (Å²) in [5, 5.41) is 8.01. The van der Waals surface area contributed by atoms with E-state index in [-0.39, 0.29) is 23.6 Å². The van der Waals surface area contributed by atoms with Crippen molar-refractivity contribution >= 4 is 5.91 Å². The molecular weight excluding hydrogens is 347 g/mol. The van der Waals surface area contributed by atoms with Crippen LogP contribution in [0.25, 0.3) is 11.5 Å². The summed E-state index contributed by atoms with van der Waals surface area (Å²) in [6.07, 6.45) is -2.70. The SMILES string of the molecule is CC(C)C(=O)N1CCCC(c2nnc(-c3ccc(C(F)(F)F)cc3)o2)C1. The summed E-state index contributed by atoms with van der Waals surface area (Å²) in [6.45, 7) is 4.96. The summed E-state index contributed by atoms with van der Waals surface area (Å²) >= 11 is 0. The Bertz CT molecular complexity index is 769. The molecule has 26 heavy (non-hydrogen) atoms. The molecule has 1 aromatic heterocycles. The summed E-state index contributed by atoms with van der Waals surface area (Å²) < 4.78 is 43.6. The van der Waals surface area contributed by atoms with Crippen molar-refractivity contribution in [3.05, 3.63) is 35.7 Å². The van der Waals surface area contributed by atoms with E-state index in [1.54, 1.807) is 4.90 Å². The second-order valence-corrected chi connectivity index (χ2v) is 6.80. The van der Waals surface area contributed by atoms with Crippen LogP contribution in [0.4, 0.5) is 13.2 Å². The van der Waals surface area contributed by atoms with Crippen LogP contribution < -0.4 is 0 Å². The number of carbonyl (C=O) groups is 1. The van der Waals surface area contributed by atoms with Crippen LogP contribution in [0, 0.1) is 5.92 Å². The largest absolute Gasteiger partial charge is 0.420 e. The van der Waals surface area contributed by atoms with Gasteiger partial charge >= 0.3 is 6.18 Å². The van der Waals surface area contributed by atoms with Crippen molar-refractivity contribution in [1.29, 1.82) is 0 Å². The van der Waals surface area contributed by atoms with Crippen LogP contribution in [0.5, 0.6) is 0 Å². The third kappa shape index (κ3) is 3.89. The minimum atomic E-state index is -4.38. The lowest BCUT2D eigenvalue weighted by Gasteiger charge is -2.32. The normalized spacial score (nSPS) is 18.4. The van der Waals surface area contributed by atoms with Crippen LogP contribution in [0.15, 0.2) is 28.7 Å². The molecule has 140 valence electrons. The first kappa shape index (κ1) is 18.4. The van der Waals surface area contributed by atoms with Gasteiger partial charge in [-0.25, -0.2) is 0 Å². The molecule has 2 aromatic rings. The van der Waals surface area contributed by atoms with E-state index in [0.717, 1.165) is 25.0 Å². The molecule has 0 saturated carbocycles. The molecule has 0 bridgehead atoms. The molecule has 8 heteroatoms. The highest BCUT2D eigenvalue weighted by Gasteiger charge is 2.31. The number of nitrogens with zero attached hydrogens (tertiary/aromatic N) is 3. The molecule has 0 radical (unpaired) electrons. The minimum Gasteiger partial charge on any atom is -0.420 e. The number of hydrogen-bond donors (Lipinski definition) is 0. The molecule has 2 heterocycles. The zero-order valence-electron chi connectivity index (χ0n) is 14.6. The lowest BCUT2D eigenvalue weighted by Crippen LogP contribution is -2.41. The van der Waals surface area contributed by atoms with Crippen LogP contribution in [-0.2, 0) is 11.0 Å². The average molecular weight is 367 g/mol. The van der Waals surface area contributed by atoms with E-state index in [4.69, 9.17) is 4.42 Å². The highest BCUT2D eigenvalue weighted by atomic mass is 19.4. The second-order valence-electron chi connectivity index (χ2n) is 6.80. The van der Waals surface area contributed by atoms with Crippen molar-refractivity contribution in [2.24, 2.45) is 5.92 Å². The first-order valence-corrected chi connectivity index (χ1v) is 8.55. The van der Waals surface area contributed by atoms with E-state index in [0.29, 0.717) is 24.5 Å². The number of rotatable bonds is 3. The lowest BCUT2D eigenvalue weighted by atomic mass is 9.97. The van der Waals surface area contributed by atoms with Crippen molar-refractivity contribution in [2.45, 2.75) is 38.8 Å². The van der Waals surface area contributed by atoms with Gasteiger partial charge < -0.3 is 9.32 Å². The topological polar surface area (TPSA) is 59.2 Å². The third-order valence-corrected chi connectivity index (χ3v) is 4.48. The van der Waals surface area contributed by atoms with Gasteiger partial charge in [-0.15, -0.1) is 10.2 Å². The molecule has 5 nitrogen and oxygen atoms in total. The summed E-state index contributed by atoms with van der Waals surface area (Å²) in [6, 6.07) is 4.61. The minimum absolute atomic E-state index is 0.0536. The fraction of sp³-hybridized carbons (Fsp3) is 0.500. The summed E-state index contributed by atoms with van der Waals surface area (Å²) in [4.78, 5) is 14.0. The van der Waals surface area contributed by atoms with Crippen molar-refractivity contribution in [3.8, 4) is 11.5 Å². The van der Waals surface area contributed by atoms with E-state index in [2.05, 4.69) is 10.2 Å². The van der Waals surface area contributed by atoms with Gasteiger partial charge in [-0.3, -0.25) is 4.79 Å². The van der Waals surface area contributed by atoms with Crippen LogP contribution in [0.2, 0.25) is 0 Å². The Balaban J connectivity index is 1.74. The first-order valence-electron chi connectivity index (χ1n) is 8.55. The summed E-state index contributed by atoms with van der Waals surface area (Å²) in [7, 11) is 0. The third-order valence-electron chi connectivity index (χ3n) is 4.48. The van der Waals surface area contributed by atoms with Gasteiger partial charge in [0, 0.05) is 24.6 Å². The molecular formula is C18H20F3N3O2. The van der Waals surface area contributed by atoms with Gasteiger partial charge in [0.2, 0.25) is 17.7 Å². The van der Waals surface area contributed by atoms with Crippen molar-refractivity contribution in [3.63, 3.8) is 0 Å². The molecule has 1 aromatic carbocycles. The Morgan fingerprint density at radius 2 is 1.92 bits per heavy atom. The van der Waals surface area contributed by atoms with Gasteiger partial charge in [-0.05, 0) is 37.1 Å².